The van der Waals surface area contributed by atoms with Crippen LogP contribution in [-0.2, 0) is 32.0 Å². The minimum absolute atomic E-state index is 0.0431. The Morgan fingerprint density at radius 3 is 1.47 bits per heavy atom. The first-order valence-corrected chi connectivity index (χ1v) is 20.3. The predicted molar refractivity (Wildman–Crippen MR) is 227 cm³/mol. The Labute approximate surface area is 346 Å². The molecule has 0 spiro atoms. The number of hydrogen-bond donors (Lipinski definition) is 2. The maximum atomic E-state index is 13.5. The van der Waals surface area contributed by atoms with Gasteiger partial charge in [0.25, 0.3) is 0 Å². The molecule has 4 atom stereocenters. The van der Waals surface area contributed by atoms with Crippen molar-refractivity contribution in [2.45, 2.75) is 49.9 Å². The number of likely N-dealkylation sites (N-methyl/N-ethyl adjacent to an activating group) is 2. The normalized spacial score (nSPS) is 17.6. The van der Waals surface area contributed by atoms with Gasteiger partial charge in [-0.1, -0.05) is 97.1 Å². The third-order valence-corrected chi connectivity index (χ3v) is 11.1. The summed E-state index contributed by atoms with van der Waals surface area (Å²) >= 11 is 0. The topological polar surface area (TPSA) is 131 Å². The summed E-state index contributed by atoms with van der Waals surface area (Å²) in [5.74, 6) is 0.988. The first-order valence-electron chi connectivity index (χ1n) is 20.3. The number of oxazole rings is 1. The van der Waals surface area contributed by atoms with Gasteiger partial charge in [-0.15, -0.1) is 0 Å². The first kappa shape index (κ1) is 41.1. The summed E-state index contributed by atoms with van der Waals surface area (Å²) in [6.07, 6.45) is 3.57. The number of rotatable bonds is 14. The zero-order valence-corrected chi connectivity index (χ0v) is 34.2. The van der Waals surface area contributed by atoms with Crippen LogP contribution in [0.1, 0.15) is 47.2 Å². The van der Waals surface area contributed by atoms with Crippen LogP contribution in [0, 0.1) is 0 Å². The van der Waals surface area contributed by atoms with Crippen LogP contribution < -0.4 is 10.6 Å². The molecule has 2 aliphatic rings. The lowest BCUT2D eigenvalue weighted by molar-refractivity contribution is -0.136. The van der Waals surface area contributed by atoms with Gasteiger partial charge < -0.3 is 24.9 Å². The van der Waals surface area contributed by atoms with Crippen LogP contribution in [-0.4, -0.2) is 115 Å². The maximum Gasteiger partial charge on any atom is 0.244 e. The van der Waals surface area contributed by atoms with E-state index in [0.717, 1.165) is 39.8 Å². The molecule has 5 aromatic rings. The summed E-state index contributed by atoms with van der Waals surface area (Å²) in [7, 11) is 7.64. The predicted octanol–water partition coefficient (Wildman–Crippen LogP) is 5.13. The van der Waals surface area contributed by atoms with E-state index in [-0.39, 0.29) is 60.6 Å². The van der Waals surface area contributed by atoms with Gasteiger partial charge in [0.1, 0.15) is 12.1 Å². The average Bonchev–Trinajstić information content (AvgIpc) is 4.02. The zero-order chi connectivity index (χ0) is 41.5. The molecule has 306 valence electrons. The Morgan fingerprint density at radius 1 is 0.627 bits per heavy atom. The lowest BCUT2D eigenvalue weighted by Gasteiger charge is -2.28. The quantitative estimate of drug-likeness (QED) is 0.158. The van der Waals surface area contributed by atoms with E-state index in [2.05, 4.69) is 15.6 Å². The summed E-state index contributed by atoms with van der Waals surface area (Å²) in [4.78, 5) is 65.0. The molecule has 2 N–H and O–H groups in total. The number of nitrogens with one attached hydrogen (secondary N) is 2. The van der Waals surface area contributed by atoms with Crippen molar-refractivity contribution in [2.75, 3.05) is 54.4 Å². The van der Waals surface area contributed by atoms with Crippen LogP contribution in [0.4, 0.5) is 0 Å². The highest BCUT2D eigenvalue weighted by Gasteiger charge is 2.35. The molecule has 12 nitrogen and oxygen atoms in total. The molecule has 1 aromatic heterocycles. The van der Waals surface area contributed by atoms with Gasteiger partial charge in [-0.05, 0) is 75.4 Å². The Bertz CT molecular complexity index is 2050. The van der Waals surface area contributed by atoms with E-state index >= 15 is 0 Å². The standard InChI is InChI=1S/C47H53N7O5/c1-51(2)43(35-11-7-5-8-12-35)46(57)53-25-23-38(30-53)49-41(55)27-32-15-19-34(20-16-32)40-29-48-45(59-40)37-21-17-33(18-22-37)28-42(56)50-39-24-26-54(31-39)47(58)44(52(3)4)36-13-9-6-10-14-36/h5-22,29,38-39,43-44H,23-28,30-31H2,1-4H3,(H,49,55)(H,50,56)/t38-,39-,43-,44-/m1/s1. The van der Waals surface area contributed by atoms with Crippen molar-refractivity contribution >= 4 is 23.6 Å². The van der Waals surface area contributed by atoms with Crippen molar-refractivity contribution in [1.29, 1.82) is 0 Å². The van der Waals surface area contributed by atoms with Crippen LogP contribution in [0.5, 0.6) is 0 Å². The number of hydrogen-bond acceptors (Lipinski definition) is 8. The molecule has 59 heavy (non-hydrogen) atoms. The fraction of sp³-hybridized carbons (Fsp3) is 0.340. The minimum atomic E-state index is -0.368. The summed E-state index contributed by atoms with van der Waals surface area (Å²) in [5, 5.41) is 6.24. The van der Waals surface area contributed by atoms with Crippen molar-refractivity contribution in [3.05, 3.63) is 138 Å². The molecule has 0 saturated carbocycles. The number of likely N-dealkylation sites (tertiary alicyclic amines) is 2. The molecule has 4 amide bonds. The summed E-state index contributed by atoms with van der Waals surface area (Å²) in [5.41, 5.74) is 5.26. The zero-order valence-electron chi connectivity index (χ0n) is 34.2. The lowest BCUT2D eigenvalue weighted by atomic mass is 10.0. The van der Waals surface area contributed by atoms with Crippen molar-refractivity contribution < 1.29 is 23.6 Å². The first-order chi connectivity index (χ1) is 28.5. The monoisotopic (exact) mass is 795 g/mol. The Balaban J connectivity index is 0.861. The molecular weight excluding hydrogens is 743 g/mol. The third-order valence-electron chi connectivity index (χ3n) is 11.1. The van der Waals surface area contributed by atoms with Gasteiger partial charge in [0, 0.05) is 49.4 Å². The highest BCUT2D eigenvalue weighted by atomic mass is 16.4. The molecule has 0 unspecified atom stereocenters. The minimum Gasteiger partial charge on any atom is -0.436 e. The lowest BCUT2D eigenvalue weighted by Crippen LogP contribution is -2.42. The largest absolute Gasteiger partial charge is 0.436 e. The van der Waals surface area contributed by atoms with Crippen LogP contribution in [0.3, 0.4) is 0 Å². The number of nitrogens with zero attached hydrogens (tertiary/aromatic N) is 5. The van der Waals surface area contributed by atoms with E-state index in [9.17, 15) is 19.2 Å². The van der Waals surface area contributed by atoms with Crippen LogP contribution >= 0.6 is 0 Å². The fourth-order valence-corrected chi connectivity index (χ4v) is 8.12. The van der Waals surface area contributed by atoms with Gasteiger partial charge in [-0.3, -0.25) is 29.0 Å². The number of amides is 4. The molecule has 0 aliphatic carbocycles. The highest BCUT2D eigenvalue weighted by molar-refractivity contribution is 5.85. The van der Waals surface area contributed by atoms with Crippen LogP contribution in [0.25, 0.3) is 22.8 Å². The molecule has 0 bridgehead atoms. The molecule has 2 aliphatic heterocycles. The molecule has 2 fully saturated rings. The Hall–Kier alpha value is -6.11. The van der Waals surface area contributed by atoms with Gasteiger partial charge in [-0.25, -0.2) is 4.98 Å². The molecule has 4 aromatic carbocycles. The van der Waals surface area contributed by atoms with Crippen LogP contribution in [0.2, 0.25) is 0 Å². The van der Waals surface area contributed by atoms with Gasteiger partial charge in [0.05, 0.1) is 19.0 Å². The number of benzene rings is 4. The number of aromatic nitrogens is 1. The van der Waals surface area contributed by atoms with E-state index in [1.54, 1.807) is 6.20 Å². The smallest absolute Gasteiger partial charge is 0.244 e. The van der Waals surface area contributed by atoms with E-state index in [4.69, 9.17) is 4.42 Å². The molecule has 7 rings (SSSR count). The van der Waals surface area contributed by atoms with E-state index in [1.165, 1.54) is 0 Å². The average molecular weight is 796 g/mol. The van der Waals surface area contributed by atoms with Gasteiger partial charge in [-0.2, -0.15) is 0 Å². The second kappa shape index (κ2) is 18.6. The van der Waals surface area contributed by atoms with Gasteiger partial charge in [0.2, 0.25) is 29.5 Å². The Kier molecular flexibility index (Phi) is 13.0. The van der Waals surface area contributed by atoms with Crippen molar-refractivity contribution in [3.63, 3.8) is 0 Å². The van der Waals surface area contributed by atoms with E-state index in [1.807, 2.05) is 157 Å². The Morgan fingerprint density at radius 2 is 1.05 bits per heavy atom. The maximum absolute atomic E-state index is 13.5. The van der Waals surface area contributed by atoms with Crippen molar-refractivity contribution in [3.8, 4) is 22.8 Å². The summed E-state index contributed by atoms with van der Waals surface area (Å²) in [6, 6.07) is 33.9. The van der Waals surface area contributed by atoms with Gasteiger partial charge in [0.15, 0.2) is 5.76 Å². The SMILES string of the molecule is CN(C)[C@@H](C(=O)N1CC[C@@H](NC(=O)Cc2ccc(-c3cnc(-c4ccc(CC(=O)N[C@@H]5CCN(C(=O)[C@@H](c6ccccc6)N(C)C)C5)cc4)o3)cc2)C1)c1ccccc1. The van der Waals surface area contributed by atoms with Crippen LogP contribution in [0.15, 0.2) is 120 Å². The second-order valence-corrected chi connectivity index (χ2v) is 16.0. The van der Waals surface area contributed by atoms with Crippen molar-refractivity contribution in [1.82, 2.24) is 35.2 Å². The number of carbonyl (C=O) groups excluding carboxylic acids is 4. The second-order valence-electron chi connectivity index (χ2n) is 16.0. The summed E-state index contributed by atoms with van der Waals surface area (Å²) in [6.45, 7) is 2.19. The summed E-state index contributed by atoms with van der Waals surface area (Å²) < 4.78 is 6.11. The van der Waals surface area contributed by atoms with Gasteiger partial charge >= 0.3 is 0 Å². The van der Waals surface area contributed by atoms with Crippen molar-refractivity contribution in [2.24, 2.45) is 0 Å². The van der Waals surface area contributed by atoms with E-state index < -0.39 is 0 Å². The fourth-order valence-electron chi connectivity index (χ4n) is 8.12. The molecular formula is C47H53N7O5. The molecule has 0 radical (unpaired) electrons. The highest BCUT2D eigenvalue weighted by Crippen LogP contribution is 2.28. The molecule has 3 heterocycles. The molecule has 2 saturated heterocycles. The third kappa shape index (κ3) is 10.1. The molecule has 12 heteroatoms. The van der Waals surface area contributed by atoms with E-state index in [0.29, 0.717) is 44.3 Å². The number of carbonyl (C=O) groups is 4.